The van der Waals surface area contributed by atoms with Crippen LogP contribution < -0.4 is 0 Å². The molecule has 1 rings (SSSR count). The molecule has 0 fully saturated rings. The van der Waals surface area contributed by atoms with Gasteiger partial charge in [0.2, 0.25) is 0 Å². The van der Waals surface area contributed by atoms with Crippen molar-refractivity contribution < 1.29 is 0 Å². The van der Waals surface area contributed by atoms with Crippen LogP contribution >= 0.6 is 0 Å². The number of nitrogens with one attached hydrogen (secondary N) is 1. The Kier molecular flexibility index (Phi) is 3.43. The molecule has 0 aliphatic carbocycles. The van der Waals surface area contributed by atoms with E-state index in [-0.39, 0.29) is 0 Å². The highest BCUT2D eigenvalue weighted by molar-refractivity contribution is 5.30. The largest absolute Gasteiger partial charge is 0.348 e. The van der Waals surface area contributed by atoms with Crippen molar-refractivity contribution in [1.82, 2.24) is 9.97 Å². The molecule has 0 spiro atoms. The molecule has 0 atom stereocenters. The molecule has 1 aromatic rings. The summed E-state index contributed by atoms with van der Waals surface area (Å²) in [4.78, 5) is 9.55. The van der Waals surface area contributed by atoms with Gasteiger partial charge in [-0.1, -0.05) is 11.0 Å². The third-order valence-electron chi connectivity index (χ3n) is 1.44. The molecule has 5 nitrogen and oxygen atoms in total. The van der Waals surface area contributed by atoms with Gasteiger partial charge in [-0.25, -0.2) is 4.98 Å². The van der Waals surface area contributed by atoms with Gasteiger partial charge < -0.3 is 4.98 Å². The molecule has 0 unspecified atom stereocenters. The van der Waals surface area contributed by atoms with E-state index in [2.05, 4.69) is 31.8 Å². The Bertz CT molecular complexity index is 375. The van der Waals surface area contributed by atoms with Crippen molar-refractivity contribution in [2.24, 2.45) is 5.11 Å². The molecule has 13 heavy (non-hydrogen) atoms. The molecule has 0 aromatic carbocycles. The summed E-state index contributed by atoms with van der Waals surface area (Å²) in [5.74, 6) is 5.74. The SMILES string of the molecule is Cc1[nH]cnc1C#CCCN=[N+]=[N-]. The van der Waals surface area contributed by atoms with E-state index < -0.39 is 0 Å². The highest BCUT2D eigenvalue weighted by Gasteiger charge is 1.93. The van der Waals surface area contributed by atoms with Crippen LogP contribution in [0.25, 0.3) is 10.4 Å². The van der Waals surface area contributed by atoms with Gasteiger partial charge in [0.15, 0.2) is 0 Å². The third-order valence-corrected chi connectivity index (χ3v) is 1.44. The summed E-state index contributed by atoms with van der Waals surface area (Å²) in [5.41, 5.74) is 9.69. The number of rotatable bonds is 2. The summed E-state index contributed by atoms with van der Waals surface area (Å²) in [7, 11) is 0. The van der Waals surface area contributed by atoms with Crippen molar-refractivity contribution in [3.05, 3.63) is 28.2 Å². The first kappa shape index (κ1) is 9.17. The highest BCUT2D eigenvalue weighted by atomic mass is 15.1. The van der Waals surface area contributed by atoms with Crippen molar-refractivity contribution in [3.8, 4) is 11.8 Å². The van der Waals surface area contributed by atoms with Gasteiger partial charge in [0, 0.05) is 23.6 Å². The fourth-order valence-corrected chi connectivity index (χ4v) is 0.782. The van der Waals surface area contributed by atoms with Crippen LogP contribution in [0.4, 0.5) is 0 Å². The second-order valence-electron chi connectivity index (χ2n) is 2.38. The monoisotopic (exact) mass is 175 g/mol. The van der Waals surface area contributed by atoms with E-state index in [0.717, 1.165) is 11.4 Å². The quantitative estimate of drug-likeness (QED) is 0.240. The normalized spacial score (nSPS) is 8.38. The Morgan fingerprint density at radius 2 is 2.62 bits per heavy atom. The topological polar surface area (TPSA) is 77.4 Å². The smallest absolute Gasteiger partial charge is 0.133 e. The van der Waals surface area contributed by atoms with Crippen molar-refractivity contribution in [1.29, 1.82) is 0 Å². The molecule has 66 valence electrons. The van der Waals surface area contributed by atoms with Gasteiger partial charge in [0.1, 0.15) is 5.69 Å². The first-order chi connectivity index (χ1) is 6.34. The minimum atomic E-state index is 0.410. The predicted octanol–water partition coefficient (Wildman–Crippen LogP) is 1.77. The van der Waals surface area contributed by atoms with Gasteiger partial charge in [-0.2, -0.15) is 0 Å². The molecule has 0 aliphatic heterocycles. The zero-order valence-corrected chi connectivity index (χ0v) is 7.28. The summed E-state index contributed by atoms with van der Waals surface area (Å²) < 4.78 is 0. The van der Waals surface area contributed by atoms with Crippen LogP contribution in [0, 0.1) is 18.8 Å². The summed E-state index contributed by atoms with van der Waals surface area (Å²) in [6.07, 6.45) is 2.17. The van der Waals surface area contributed by atoms with Gasteiger partial charge in [-0.15, -0.1) is 0 Å². The van der Waals surface area contributed by atoms with E-state index in [1.165, 1.54) is 0 Å². The lowest BCUT2D eigenvalue weighted by molar-refractivity contribution is 1.01. The van der Waals surface area contributed by atoms with Gasteiger partial charge in [-0.05, 0) is 18.4 Å². The van der Waals surface area contributed by atoms with Crippen LogP contribution in [0.1, 0.15) is 17.8 Å². The van der Waals surface area contributed by atoms with E-state index in [9.17, 15) is 0 Å². The Labute approximate surface area is 75.8 Å². The number of imidazole rings is 1. The van der Waals surface area contributed by atoms with Crippen LogP contribution in [-0.2, 0) is 0 Å². The maximum absolute atomic E-state index is 7.99. The molecule has 1 heterocycles. The molecule has 0 saturated carbocycles. The molecular formula is C8H9N5. The number of nitrogens with zero attached hydrogens (tertiary/aromatic N) is 4. The predicted molar refractivity (Wildman–Crippen MR) is 48.8 cm³/mol. The number of aromatic amines is 1. The van der Waals surface area contributed by atoms with E-state index in [0.29, 0.717) is 13.0 Å². The number of aromatic nitrogens is 2. The summed E-state index contributed by atoms with van der Waals surface area (Å²) in [6.45, 7) is 2.32. The van der Waals surface area contributed by atoms with Crippen LogP contribution in [0.5, 0.6) is 0 Å². The van der Waals surface area contributed by atoms with Crippen molar-refractivity contribution in [3.63, 3.8) is 0 Å². The second kappa shape index (κ2) is 4.86. The molecule has 0 radical (unpaired) electrons. The number of azide groups is 1. The highest BCUT2D eigenvalue weighted by Crippen LogP contribution is 1.96. The Balaban J connectivity index is 2.48. The van der Waals surface area contributed by atoms with Crippen molar-refractivity contribution in [2.45, 2.75) is 13.3 Å². The molecule has 0 bridgehead atoms. The van der Waals surface area contributed by atoms with Crippen LogP contribution in [-0.4, -0.2) is 16.5 Å². The average Bonchev–Trinajstić information content (AvgIpc) is 2.52. The zero-order chi connectivity index (χ0) is 9.52. The molecule has 0 saturated heterocycles. The lowest BCUT2D eigenvalue weighted by Crippen LogP contribution is -1.79. The first-order valence-corrected chi connectivity index (χ1v) is 3.84. The molecule has 1 aromatic heterocycles. The maximum Gasteiger partial charge on any atom is 0.133 e. The summed E-state index contributed by atoms with van der Waals surface area (Å²) >= 11 is 0. The van der Waals surface area contributed by atoms with Crippen LogP contribution in [0.2, 0.25) is 0 Å². The molecule has 1 N–H and O–H groups in total. The van der Waals surface area contributed by atoms with Gasteiger partial charge in [0.05, 0.1) is 6.33 Å². The van der Waals surface area contributed by atoms with E-state index in [4.69, 9.17) is 5.53 Å². The lowest BCUT2D eigenvalue weighted by Gasteiger charge is -1.82. The Morgan fingerprint density at radius 1 is 1.77 bits per heavy atom. The van der Waals surface area contributed by atoms with E-state index in [1.807, 2.05) is 6.92 Å². The average molecular weight is 175 g/mol. The molecule has 5 heteroatoms. The Morgan fingerprint density at radius 3 is 3.23 bits per heavy atom. The Hall–Kier alpha value is -1.92. The van der Waals surface area contributed by atoms with E-state index >= 15 is 0 Å². The standard InChI is InChI=1S/C8H9N5/c1-7-8(11-6-10-7)4-2-3-5-12-13-9/h6H,3,5H2,1H3,(H,10,11). The molecular weight excluding hydrogens is 166 g/mol. The van der Waals surface area contributed by atoms with E-state index in [1.54, 1.807) is 6.33 Å². The molecule has 0 aliphatic rings. The minimum Gasteiger partial charge on any atom is -0.348 e. The van der Waals surface area contributed by atoms with Crippen LogP contribution in [0.3, 0.4) is 0 Å². The van der Waals surface area contributed by atoms with Gasteiger partial charge in [-0.3, -0.25) is 0 Å². The number of aryl methyl sites for hydroxylation is 1. The fourth-order valence-electron chi connectivity index (χ4n) is 0.782. The second-order valence-corrected chi connectivity index (χ2v) is 2.38. The minimum absolute atomic E-state index is 0.410. The number of hydrogen-bond donors (Lipinski definition) is 1. The maximum atomic E-state index is 7.99. The number of hydrogen-bond acceptors (Lipinski definition) is 2. The van der Waals surface area contributed by atoms with Crippen molar-refractivity contribution in [2.75, 3.05) is 6.54 Å². The van der Waals surface area contributed by atoms with Crippen LogP contribution in [0.15, 0.2) is 11.4 Å². The summed E-state index contributed by atoms with van der Waals surface area (Å²) in [5, 5.41) is 3.36. The molecule has 0 amide bonds. The van der Waals surface area contributed by atoms with Crippen molar-refractivity contribution >= 4 is 0 Å². The van der Waals surface area contributed by atoms with Gasteiger partial charge in [0.25, 0.3) is 0 Å². The number of H-pyrrole nitrogens is 1. The zero-order valence-electron chi connectivity index (χ0n) is 7.28. The fraction of sp³-hybridized carbons (Fsp3) is 0.375. The first-order valence-electron chi connectivity index (χ1n) is 3.84. The lowest BCUT2D eigenvalue weighted by atomic mass is 10.3. The van der Waals surface area contributed by atoms with Gasteiger partial charge >= 0.3 is 0 Å². The third kappa shape index (κ3) is 2.89. The summed E-state index contributed by atoms with van der Waals surface area (Å²) in [6, 6.07) is 0.